The van der Waals surface area contributed by atoms with Crippen LogP contribution < -0.4 is 24.5 Å². The zero-order chi connectivity index (χ0) is 24.4. The van der Waals surface area contributed by atoms with Crippen molar-refractivity contribution in [3.8, 4) is 5.75 Å². The van der Waals surface area contributed by atoms with Crippen molar-refractivity contribution < 1.29 is 14.3 Å². The van der Waals surface area contributed by atoms with Crippen LogP contribution in [0.15, 0.2) is 69.6 Å². The molecular weight excluding hydrogens is 450 g/mol. The van der Waals surface area contributed by atoms with Gasteiger partial charge < -0.3 is 14.4 Å². The van der Waals surface area contributed by atoms with Crippen molar-refractivity contribution in [3.05, 3.63) is 90.6 Å². The van der Waals surface area contributed by atoms with E-state index in [-0.39, 0.29) is 12.2 Å². The molecule has 0 aliphatic carbocycles. The normalized spacial score (nSPS) is 15.6. The molecule has 34 heavy (non-hydrogen) atoms. The lowest BCUT2D eigenvalue weighted by Crippen LogP contribution is -2.39. The predicted molar refractivity (Wildman–Crippen MR) is 134 cm³/mol. The van der Waals surface area contributed by atoms with Gasteiger partial charge in [0.25, 0.3) is 5.56 Å². The molecule has 0 saturated heterocycles. The summed E-state index contributed by atoms with van der Waals surface area (Å²) in [5.41, 5.74) is 3.48. The van der Waals surface area contributed by atoms with Gasteiger partial charge >= 0.3 is 5.97 Å². The van der Waals surface area contributed by atoms with E-state index in [2.05, 4.69) is 4.99 Å². The highest BCUT2D eigenvalue weighted by molar-refractivity contribution is 7.07. The molecule has 4 rings (SSSR count). The molecule has 2 heterocycles. The van der Waals surface area contributed by atoms with Crippen LogP contribution in [0.5, 0.6) is 5.75 Å². The van der Waals surface area contributed by atoms with Crippen LogP contribution in [0.3, 0.4) is 0 Å². The van der Waals surface area contributed by atoms with Gasteiger partial charge in [-0.15, -0.1) is 0 Å². The number of carbonyl (C=O) groups excluding carboxylic acids is 1. The van der Waals surface area contributed by atoms with Crippen LogP contribution in [0, 0.1) is 0 Å². The molecule has 0 saturated carbocycles. The Balaban J connectivity index is 1.89. The molecule has 0 spiro atoms. The second-order valence-electron chi connectivity index (χ2n) is 8.06. The Bertz CT molecular complexity index is 1410. The summed E-state index contributed by atoms with van der Waals surface area (Å²) in [6, 6.07) is 14.7. The van der Waals surface area contributed by atoms with Crippen molar-refractivity contribution in [1.82, 2.24) is 4.57 Å². The molecule has 0 amide bonds. The molecule has 8 heteroatoms. The van der Waals surface area contributed by atoms with Gasteiger partial charge in [-0.05, 0) is 55.3 Å². The van der Waals surface area contributed by atoms with Gasteiger partial charge in [0.15, 0.2) is 4.80 Å². The van der Waals surface area contributed by atoms with E-state index in [4.69, 9.17) is 9.47 Å². The standard InChI is InChI=1S/C26H27N3O4S/c1-6-33-25(31)22-16(2)27-26-29(23(22)18-9-13-20(32-5)14-10-18)24(30)21(34-26)15-17-7-11-19(12-8-17)28(3)4/h7-15,23H,6H2,1-5H3/b21-15-/t23-/m0/s1. The second kappa shape index (κ2) is 9.69. The fourth-order valence-corrected chi connectivity index (χ4v) is 4.96. The number of fused-ring (bicyclic) bond motifs is 1. The fourth-order valence-electron chi connectivity index (χ4n) is 3.91. The fraction of sp³-hybridized carbons (Fsp3) is 0.269. The molecule has 3 aromatic rings. The highest BCUT2D eigenvalue weighted by atomic mass is 32.1. The lowest BCUT2D eigenvalue weighted by molar-refractivity contribution is -0.139. The maximum atomic E-state index is 13.6. The quantitative estimate of drug-likeness (QED) is 0.511. The second-order valence-corrected chi connectivity index (χ2v) is 9.07. The third-order valence-corrected chi connectivity index (χ3v) is 6.64. The number of anilines is 1. The zero-order valence-corrected chi connectivity index (χ0v) is 20.7. The molecule has 176 valence electrons. The summed E-state index contributed by atoms with van der Waals surface area (Å²) >= 11 is 1.31. The molecular formula is C26H27N3O4S. The Hall–Kier alpha value is -3.65. The SMILES string of the molecule is CCOC(=O)C1=C(C)N=c2s/c(=C\c3ccc(N(C)C)cc3)c(=O)n2[C@H]1c1ccc(OC)cc1. The number of hydrogen-bond donors (Lipinski definition) is 0. The van der Waals surface area contributed by atoms with Crippen molar-refractivity contribution in [2.75, 3.05) is 32.7 Å². The van der Waals surface area contributed by atoms with Crippen LogP contribution in [0.2, 0.25) is 0 Å². The van der Waals surface area contributed by atoms with Gasteiger partial charge in [-0.2, -0.15) is 0 Å². The Morgan fingerprint density at radius 3 is 2.41 bits per heavy atom. The number of methoxy groups -OCH3 is 1. The first kappa shape index (κ1) is 23.5. The topological polar surface area (TPSA) is 73.1 Å². The number of aromatic nitrogens is 1. The largest absolute Gasteiger partial charge is 0.497 e. The summed E-state index contributed by atoms with van der Waals surface area (Å²) in [6.45, 7) is 3.77. The first-order chi connectivity index (χ1) is 16.3. The van der Waals surface area contributed by atoms with Gasteiger partial charge in [-0.3, -0.25) is 9.36 Å². The first-order valence-corrected chi connectivity index (χ1v) is 11.8. The summed E-state index contributed by atoms with van der Waals surface area (Å²) < 4.78 is 12.7. The van der Waals surface area contributed by atoms with Gasteiger partial charge in [0.1, 0.15) is 5.75 Å². The number of nitrogens with zero attached hydrogens (tertiary/aromatic N) is 3. The summed E-state index contributed by atoms with van der Waals surface area (Å²) in [7, 11) is 5.56. The zero-order valence-electron chi connectivity index (χ0n) is 19.9. The smallest absolute Gasteiger partial charge is 0.338 e. The number of carbonyl (C=O) groups is 1. The van der Waals surface area contributed by atoms with E-state index >= 15 is 0 Å². The number of esters is 1. The Labute approximate surface area is 201 Å². The molecule has 0 N–H and O–H groups in total. The van der Waals surface area contributed by atoms with Crippen molar-refractivity contribution in [1.29, 1.82) is 0 Å². The van der Waals surface area contributed by atoms with Gasteiger partial charge in [0.05, 0.1) is 35.6 Å². The lowest BCUT2D eigenvalue weighted by atomic mass is 9.96. The van der Waals surface area contributed by atoms with Crippen LogP contribution in [0.25, 0.3) is 6.08 Å². The van der Waals surface area contributed by atoms with Crippen molar-refractivity contribution in [2.24, 2.45) is 4.99 Å². The number of hydrogen-bond acceptors (Lipinski definition) is 7. The van der Waals surface area contributed by atoms with Crippen molar-refractivity contribution in [3.63, 3.8) is 0 Å². The average molecular weight is 478 g/mol. The third-order valence-electron chi connectivity index (χ3n) is 5.66. The number of thiazole rings is 1. The Morgan fingerprint density at radius 1 is 1.15 bits per heavy atom. The summed E-state index contributed by atoms with van der Waals surface area (Å²) in [5.74, 6) is 0.217. The van der Waals surface area contributed by atoms with E-state index in [9.17, 15) is 9.59 Å². The van der Waals surface area contributed by atoms with Crippen LogP contribution >= 0.6 is 11.3 Å². The first-order valence-electron chi connectivity index (χ1n) is 10.9. The maximum Gasteiger partial charge on any atom is 0.338 e. The molecule has 1 aliphatic heterocycles. The van der Waals surface area contributed by atoms with E-state index in [0.717, 1.165) is 16.8 Å². The number of allylic oxidation sites excluding steroid dienone is 1. The molecule has 0 radical (unpaired) electrons. The van der Waals surface area contributed by atoms with Crippen LogP contribution in [-0.4, -0.2) is 38.3 Å². The molecule has 1 aromatic heterocycles. The van der Waals surface area contributed by atoms with Crippen molar-refractivity contribution >= 4 is 29.1 Å². The maximum absolute atomic E-state index is 13.6. The molecule has 1 atom stereocenters. The number of ether oxygens (including phenoxy) is 2. The molecule has 0 unspecified atom stereocenters. The van der Waals surface area contributed by atoms with E-state index < -0.39 is 12.0 Å². The van der Waals surface area contributed by atoms with E-state index in [0.29, 0.717) is 26.4 Å². The van der Waals surface area contributed by atoms with Crippen LogP contribution in [0.1, 0.15) is 31.0 Å². The highest BCUT2D eigenvalue weighted by Gasteiger charge is 2.33. The number of benzene rings is 2. The minimum absolute atomic E-state index is 0.199. The third kappa shape index (κ3) is 4.41. The van der Waals surface area contributed by atoms with Crippen molar-refractivity contribution in [2.45, 2.75) is 19.9 Å². The highest BCUT2D eigenvalue weighted by Crippen LogP contribution is 2.31. The van der Waals surface area contributed by atoms with Gasteiger partial charge in [-0.1, -0.05) is 35.6 Å². The minimum atomic E-state index is -0.639. The van der Waals surface area contributed by atoms with Crippen LogP contribution in [0.4, 0.5) is 5.69 Å². The summed E-state index contributed by atoms with van der Waals surface area (Å²) in [4.78, 5) is 33.7. The molecule has 0 fully saturated rings. The van der Waals surface area contributed by atoms with Gasteiger partial charge in [0, 0.05) is 19.8 Å². The van der Waals surface area contributed by atoms with Gasteiger partial charge in [-0.25, -0.2) is 9.79 Å². The Kier molecular flexibility index (Phi) is 6.70. The Morgan fingerprint density at radius 2 is 1.82 bits per heavy atom. The predicted octanol–water partition coefficient (Wildman–Crippen LogP) is 2.87. The minimum Gasteiger partial charge on any atom is -0.497 e. The van der Waals surface area contributed by atoms with E-state index in [1.165, 1.54) is 11.3 Å². The average Bonchev–Trinajstić information content (AvgIpc) is 3.13. The van der Waals surface area contributed by atoms with E-state index in [1.807, 2.05) is 73.6 Å². The van der Waals surface area contributed by atoms with E-state index in [1.54, 1.807) is 25.5 Å². The monoisotopic (exact) mass is 477 g/mol. The molecule has 7 nitrogen and oxygen atoms in total. The summed E-state index contributed by atoms with van der Waals surface area (Å²) in [6.07, 6.45) is 1.86. The summed E-state index contributed by atoms with van der Waals surface area (Å²) in [5, 5.41) is 0. The number of rotatable bonds is 6. The molecule has 0 bridgehead atoms. The lowest BCUT2D eigenvalue weighted by Gasteiger charge is -2.24. The van der Waals surface area contributed by atoms with Gasteiger partial charge in [0.2, 0.25) is 0 Å². The molecule has 1 aliphatic rings. The molecule has 2 aromatic carbocycles. The van der Waals surface area contributed by atoms with Crippen LogP contribution in [-0.2, 0) is 9.53 Å².